The van der Waals surface area contributed by atoms with Crippen LogP contribution in [0.5, 0.6) is 5.75 Å². The number of ether oxygens (including phenoxy) is 1. The molecule has 2 amide bonds. The van der Waals surface area contributed by atoms with Crippen molar-refractivity contribution in [2.45, 2.75) is 6.92 Å². The lowest BCUT2D eigenvalue weighted by Crippen LogP contribution is -2.27. The van der Waals surface area contributed by atoms with Crippen LogP contribution in [-0.4, -0.2) is 17.8 Å². The van der Waals surface area contributed by atoms with E-state index < -0.39 is 0 Å². The van der Waals surface area contributed by atoms with Crippen LogP contribution in [0, 0.1) is 0 Å². The molecule has 0 aromatic heterocycles. The van der Waals surface area contributed by atoms with Crippen molar-refractivity contribution in [2.75, 3.05) is 11.5 Å². The molecule has 0 saturated carbocycles. The Kier molecular flexibility index (Phi) is 6.12. The van der Waals surface area contributed by atoms with Crippen molar-refractivity contribution in [2.24, 2.45) is 0 Å². The van der Waals surface area contributed by atoms with Crippen molar-refractivity contribution in [3.05, 3.63) is 60.8 Å². The molecule has 1 fully saturated rings. The summed E-state index contributed by atoms with van der Waals surface area (Å²) in [6.45, 7) is 2.44. The van der Waals surface area contributed by atoms with Crippen LogP contribution < -0.4 is 9.64 Å². The number of carbonyl (C=O) groups is 2. The quantitative estimate of drug-likeness (QED) is 0.434. The zero-order valence-corrected chi connectivity index (χ0v) is 18.2. The van der Waals surface area contributed by atoms with Gasteiger partial charge in [-0.25, -0.2) is 4.90 Å². The number of thioether (sulfide) groups is 1. The lowest BCUT2D eigenvalue weighted by Gasteiger charge is -2.12. The highest BCUT2D eigenvalue weighted by molar-refractivity contribution is 9.11. The highest BCUT2D eigenvalue weighted by Crippen LogP contribution is 2.39. The van der Waals surface area contributed by atoms with Gasteiger partial charge < -0.3 is 4.74 Å². The molecule has 1 saturated heterocycles. The summed E-state index contributed by atoms with van der Waals surface area (Å²) >= 11 is 13.7. The maximum Gasteiger partial charge on any atom is 0.298 e. The van der Waals surface area contributed by atoms with E-state index in [0.29, 0.717) is 28.0 Å². The predicted molar refractivity (Wildman–Crippen MR) is 113 cm³/mol. The van der Waals surface area contributed by atoms with Gasteiger partial charge in [0.2, 0.25) is 0 Å². The normalized spacial score (nSPS) is 15.8. The number of anilines is 1. The molecule has 1 aliphatic heterocycles. The van der Waals surface area contributed by atoms with E-state index in [1.165, 1.54) is 0 Å². The van der Waals surface area contributed by atoms with Gasteiger partial charge in [0.25, 0.3) is 11.1 Å². The van der Waals surface area contributed by atoms with Gasteiger partial charge in [-0.1, -0.05) is 11.6 Å². The first kappa shape index (κ1) is 19.5. The van der Waals surface area contributed by atoms with Gasteiger partial charge in [0, 0.05) is 5.02 Å². The summed E-state index contributed by atoms with van der Waals surface area (Å²) in [5.41, 5.74) is 1.27. The first-order valence-corrected chi connectivity index (χ1v) is 10.3. The van der Waals surface area contributed by atoms with Gasteiger partial charge in [0.1, 0.15) is 5.75 Å². The van der Waals surface area contributed by atoms with Crippen molar-refractivity contribution in [3.63, 3.8) is 0 Å². The smallest absolute Gasteiger partial charge is 0.298 e. The first-order valence-electron chi connectivity index (χ1n) is 7.56. The topological polar surface area (TPSA) is 46.6 Å². The van der Waals surface area contributed by atoms with Gasteiger partial charge in [-0.15, -0.1) is 0 Å². The fourth-order valence-electron chi connectivity index (χ4n) is 2.38. The first-order chi connectivity index (χ1) is 12.4. The molecule has 0 unspecified atom stereocenters. The van der Waals surface area contributed by atoms with Crippen LogP contribution in [0.15, 0.2) is 50.2 Å². The molecule has 8 heteroatoms. The molecule has 0 atom stereocenters. The van der Waals surface area contributed by atoms with E-state index in [0.717, 1.165) is 31.2 Å². The highest BCUT2D eigenvalue weighted by Gasteiger charge is 2.36. The maximum absolute atomic E-state index is 12.7. The van der Waals surface area contributed by atoms with Crippen molar-refractivity contribution in [3.8, 4) is 5.75 Å². The second kappa shape index (κ2) is 8.17. The number of amides is 2. The average molecular weight is 518 g/mol. The molecular formula is C18H12Br2ClNO3S. The predicted octanol–water partition coefficient (Wildman–Crippen LogP) is 6.50. The lowest BCUT2D eigenvalue weighted by atomic mass is 10.2. The van der Waals surface area contributed by atoms with Crippen LogP contribution in [-0.2, 0) is 4.79 Å². The largest absolute Gasteiger partial charge is 0.492 e. The molecule has 0 radical (unpaired) electrons. The SMILES string of the molecule is CCOc1c(Br)cc(/C=C2/SC(=O)N(c3ccc(Cl)cc3)C2=O)cc1Br. The summed E-state index contributed by atoms with van der Waals surface area (Å²) < 4.78 is 7.08. The van der Waals surface area contributed by atoms with Gasteiger partial charge in [-0.05, 0) is 98.6 Å². The van der Waals surface area contributed by atoms with E-state index >= 15 is 0 Å². The summed E-state index contributed by atoms with van der Waals surface area (Å²) in [7, 11) is 0. The third kappa shape index (κ3) is 4.01. The zero-order chi connectivity index (χ0) is 18.8. The fraction of sp³-hybridized carbons (Fsp3) is 0.111. The number of nitrogens with zero attached hydrogens (tertiary/aromatic N) is 1. The van der Waals surface area contributed by atoms with Gasteiger partial charge in [0.15, 0.2) is 0 Å². The Labute approximate surface area is 176 Å². The Morgan fingerprint density at radius 1 is 1.15 bits per heavy atom. The molecule has 4 nitrogen and oxygen atoms in total. The Bertz CT molecular complexity index is 892. The second-order valence-corrected chi connectivity index (χ2v) is 8.38. The summed E-state index contributed by atoms with van der Waals surface area (Å²) in [6, 6.07) is 10.3. The van der Waals surface area contributed by atoms with E-state index in [1.807, 2.05) is 19.1 Å². The van der Waals surface area contributed by atoms with E-state index in [1.54, 1.807) is 30.3 Å². The van der Waals surface area contributed by atoms with E-state index in [9.17, 15) is 9.59 Å². The molecule has 3 rings (SSSR count). The van der Waals surface area contributed by atoms with Crippen LogP contribution in [0.4, 0.5) is 10.5 Å². The lowest BCUT2D eigenvalue weighted by molar-refractivity contribution is -0.113. The third-order valence-electron chi connectivity index (χ3n) is 3.49. The molecule has 26 heavy (non-hydrogen) atoms. The van der Waals surface area contributed by atoms with Gasteiger partial charge in [-0.3, -0.25) is 9.59 Å². The van der Waals surface area contributed by atoms with E-state index in [-0.39, 0.29) is 11.1 Å². The Hall–Kier alpha value is -1.28. The van der Waals surface area contributed by atoms with Crippen LogP contribution >= 0.6 is 55.2 Å². The van der Waals surface area contributed by atoms with Gasteiger partial charge in [-0.2, -0.15) is 0 Å². The minimum atomic E-state index is -0.358. The van der Waals surface area contributed by atoms with Crippen LogP contribution in [0.3, 0.4) is 0 Å². The van der Waals surface area contributed by atoms with Crippen LogP contribution in [0.25, 0.3) is 6.08 Å². The second-order valence-electron chi connectivity index (χ2n) is 5.24. The highest BCUT2D eigenvalue weighted by atomic mass is 79.9. The molecular weight excluding hydrogens is 506 g/mol. The minimum absolute atomic E-state index is 0.340. The van der Waals surface area contributed by atoms with Crippen LogP contribution in [0.1, 0.15) is 12.5 Å². The van der Waals surface area contributed by atoms with Crippen molar-refractivity contribution in [1.82, 2.24) is 0 Å². The monoisotopic (exact) mass is 515 g/mol. The molecule has 0 aliphatic carbocycles. The van der Waals surface area contributed by atoms with E-state index in [4.69, 9.17) is 16.3 Å². The van der Waals surface area contributed by atoms with Crippen molar-refractivity contribution in [1.29, 1.82) is 0 Å². The molecule has 0 N–H and O–H groups in total. The third-order valence-corrected chi connectivity index (χ3v) is 5.79. The molecule has 1 aliphatic rings. The molecule has 1 heterocycles. The number of halogens is 3. The fourth-order valence-corrected chi connectivity index (χ4v) is 4.80. The Morgan fingerprint density at radius 3 is 2.35 bits per heavy atom. The number of imide groups is 1. The Morgan fingerprint density at radius 2 is 1.77 bits per heavy atom. The zero-order valence-electron chi connectivity index (χ0n) is 13.5. The average Bonchev–Trinajstić information content (AvgIpc) is 2.86. The number of benzene rings is 2. The van der Waals surface area contributed by atoms with Gasteiger partial charge >= 0.3 is 0 Å². The molecule has 134 valence electrons. The van der Waals surface area contributed by atoms with Crippen molar-refractivity contribution < 1.29 is 14.3 Å². The summed E-state index contributed by atoms with van der Waals surface area (Å²) in [6.07, 6.45) is 1.69. The van der Waals surface area contributed by atoms with Crippen LogP contribution in [0.2, 0.25) is 5.02 Å². The van der Waals surface area contributed by atoms with Crippen molar-refractivity contribution >= 4 is 78.1 Å². The summed E-state index contributed by atoms with van der Waals surface area (Å²) in [5, 5.41) is 0.202. The molecule has 0 bridgehead atoms. The Balaban J connectivity index is 1.92. The number of hydrogen-bond acceptors (Lipinski definition) is 4. The molecule has 2 aromatic rings. The van der Waals surface area contributed by atoms with Gasteiger partial charge in [0.05, 0.1) is 26.1 Å². The molecule has 0 spiro atoms. The summed E-state index contributed by atoms with van der Waals surface area (Å²) in [5.74, 6) is 0.336. The standard InChI is InChI=1S/C18H12Br2ClNO3S/c1-2-25-16-13(19)7-10(8-14(16)20)9-15-17(23)22(18(24)26-15)12-5-3-11(21)4-6-12/h3-9H,2H2,1H3/b15-9+. The number of carbonyl (C=O) groups excluding carboxylic acids is 2. The maximum atomic E-state index is 12.7. The molecule has 2 aromatic carbocycles. The summed E-state index contributed by atoms with van der Waals surface area (Å²) in [4.78, 5) is 26.5. The number of rotatable bonds is 4. The number of hydrogen-bond donors (Lipinski definition) is 0. The minimum Gasteiger partial charge on any atom is -0.492 e. The van der Waals surface area contributed by atoms with E-state index in [2.05, 4.69) is 31.9 Å².